The van der Waals surface area contributed by atoms with Crippen LogP contribution in [-0.2, 0) is 14.3 Å². The second-order valence-corrected chi connectivity index (χ2v) is 6.28. The lowest BCUT2D eigenvalue weighted by Gasteiger charge is -2.58. The van der Waals surface area contributed by atoms with E-state index >= 15 is 0 Å². The van der Waals surface area contributed by atoms with Crippen LogP contribution in [0, 0.1) is 17.3 Å². The number of methoxy groups -OCH3 is 2. The summed E-state index contributed by atoms with van der Waals surface area (Å²) in [4.78, 5) is 25.2. The van der Waals surface area contributed by atoms with Gasteiger partial charge in [-0.1, -0.05) is 32.0 Å². The molecule has 2 aliphatic carbocycles. The Bertz CT molecular complexity index is 675. The molecule has 4 atom stereocenters. The largest absolute Gasteiger partial charge is 0.496 e. The predicted molar refractivity (Wildman–Crippen MR) is 81.6 cm³/mol. The minimum absolute atomic E-state index is 0.0161. The number of benzene rings is 1. The van der Waals surface area contributed by atoms with Crippen LogP contribution in [-0.4, -0.2) is 25.8 Å². The maximum Gasteiger partial charge on any atom is 0.204 e. The van der Waals surface area contributed by atoms with Crippen molar-refractivity contribution in [2.24, 2.45) is 17.3 Å². The number of hydrogen-bond acceptors (Lipinski definition) is 4. The van der Waals surface area contributed by atoms with Gasteiger partial charge in [0.25, 0.3) is 0 Å². The van der Waals surface area contributed by atoms with Crippen LogP contribution >= 0.6 is 0 Å². The van der Waals surface area contributed by atoms with Gasteiger partial charge in [-0.25, -0.2) is 0 Å². The number of allylic oxidation sites excluding steroid dienone is 2. The van der Waals surface area contributed by atoms with Crippen LogP contribution in [0.4, 0.5) is 0 Å². The molecule has 0 aromatic heterocycles. The molecule has 0 saturated heterocycles. The summed E-state index contributed by atoms with van der Waals surface area (Å²) in [6, 6.07) is 7.70. The molecule has 1 aromatic rings. The van der Waals surface area contributed by atoms with E-state index in [-0.39, 0.29) is 35.1 Å². The van der Waals surface area contributed by atoms with E-state index in [4.69, 9.17) is 9.47 Å². The Morgan fingerprint density at radius 2 is 1.73 bits per heavy atom. The van der Waals surface area contributed by atoms with Gasteiger partial charge in [0.1, 0.15) is 5.75 Å². The van der Waals surface area contributed by atoms with Crippen molar-refractivity contribution in [2.45, 2.75) is 19.8 Å². The number of para-hydroxylation sites is 1. The number of ketones is 2. The summed E-state index contributed by atoms with van der Waals surface area (Å²) < 4.78 is 10.6. The van der Waals surface area contributed by atoms with Crippen molar-refractivity contribution in [1.29, 1.82) is 0 Å². The van der Waals surface area contributed by atoms with Gasteiger partial charge in [0.2, 0.25) is 5.78 Å². The highest BCUT2D eigenvalue weighted by Gasteiger charge is 2.66. The molecule has 0 unspecified atom stereocenters. The summed E-state index contributed by atoms with van der Waals surface area (Å²) >= 11 is 0. The van der Waals surface area contributed by atoms with Crippen LogP contribution in [0.15, 0.2) is 36.1 Å². The van der Waals surface area contributed by atoms with Crippen molar-refractivity contribution in [2.75, 3.05) is 14.2 Å². The number of Topliss-reactive ketones (excluding diaryl/α,β-unsaturated/α-hetero) is 1. The van der Waals surface area contributed by atoms with E-state index in [1.807, 2.05) is 38.1 Å². The van der Waals surface area contributed by atoms with Gasteiger partial charge >= 0.3 is 0 Å². The first-order valence-electron chi connectivity index (χ1n) is 7.44. The molecule has 1 aromatic carbocycles. The third kappa shape index (κ3) is 1.70. The fourth-order valence-corrected chi connectivity index (χ4v) is 4.43. The monoisotopic (exact) mass is 300 g/mol. The van der Waals surface area contributed by atoms with E-state index in [1.54, 1.807) is 7.11 Å². The van der Waals surface area contributed by atoms with Gasteiger partial charge in [0, 0.05) is 17.9 Å². The fourth-order valence-electron chi connectivity index (χ4n) is 4.43. The van der Waals surface area contributed by atoms with E-state index in [0.717, 1.165) is 11.3 Å². The van der Waals surface area contributed by atoms with Gasteiger partial charge in [0.05, 0.1) is 19.6 Å². The maximum absolute atomic E-state index is 12.8. The number of rotatable bonds is 3. The molecule has 3 rings (SSSR count). The van der Waals surface area contributed by atoms with Gasteiger partial charge in [0.15, 0.2) is 11.5 Å². The van der Waals surface area contributed by atoms with E-state index in [9.17, 15) is 9.59 Å². The van der Waals surface area contributed by atoms with Gasteiger partial charge in [-0.2, -0.15) is 0 Å². The molecule has 0 radical (unpaired) electrons. The van der Waals surface area contributed by atoms with Crippen molar-refractivity contribution in [1.82, 2.24) is 0 Å². The lowest BCUT2D eigenvalue weighted by molar-refractivity contribution is -0.159. The Morgan fingerprint density at radius 1 is 1.05 bits per heavy atom. The first-order valence-corrected chi connectivity index (χ1v) is 7.44. The topological polar surface area (TPSA) is 52.6 Å². The molecule has 4 heteroatoms. The number of ether oxygens (including phenoxy) is 2. The second kappa shape index (κ2) is 4.97. The summed E-state index contributed by atoms with van der Waals surface area (Å²) in [7, 11) is 3.05. The Morgan fingerprint density at radius 3 is 2.36 bits per heavy atom. The molecule has 0 N–H and O–H groups in total. The Hall–Kier alpha value is -2.10. The second-order valence-electron chi connectivity index (χ2n) is 6.28. The number of fused-ring (bicyclic) bond motifs is 1. The van der Waals surface area contributed by atoms with Crippen molar-refractivity contribution in [3.05, 3.63) is 41.7 Å². The third-order valence-electron chi connectivity index (χ3n) is 5.33. The zero-order valence-electron chi connectivity index (χ0n) is 13.3. The van der Waals surface area contributed by atoms with E-state index in [2.05, 4.69) is 0 Å². The highest BCUT2D eigenvalue weighted by Crippen LogP contribution is 2.64. The number of carbonyl (C=O) groups is 2. The molecule has 1 fully saturated rings. The predicted octanol–water partition coefficient (Wildman–Crippen LogP) is 2.73. The third-order valence-corrected chi connectivity index (χ3v) is 5.33. The van der Waals surface area contributed by atoms with Crippen LogP contribution in [0.2, 0.25) is 0 Å². The molecule has 0 spiro atoms. The molecule has 0 bridgehead atoms. The van der Waals surface area contributed by atoms with Gasteiger partial charge in [-0.15, -0.1) is 0 Å². The SMILES string of the molecule is COC1=CC(=O)[C@@H]2[C@H](C)[C@@H](c3ccccc3OC)[C@]2(C)C1=O. The summed E-state index contributed by atoms with van der Waals surface area (Å²) in [6.07, 6.45) is 1.35. The van der Waals surface area contributed by atoms with E-state index < -0.39 is 5.41 Å². The van der Waals surface area contributed by atoms with Crippen LogP contribution in [0.25, 0.3) is 0 Å². The molecule has 2 aliphatic rings. The van der Waals surface area contributed by atoms with E-state index in [0.29, 0.717) is 0 Å². The smallest absolute Gasteiger partial charge is 0.204 e. The zero-order valence-corrected chi connectivity index (χ0v) is 13.3. The normalized spacial score (nSPS) is 33.6. The summed E-state index contributed by atoms with van der Waals surface area (Å²) in [5.41, 5.74) is 0.223. The number of carbonyl (C=O) groups excluding carboxylic acids is 2. The van der Waals surface area contributed by atoms with Gasteiger partial charge in [-0.05, 0) is 17.5 Å². The molecule has 22 heavy (non-hydrogen) atoms. The van der Waals surface area contributed by atoms with Crippen LogP contribution in [0.5, 0.6) is 5.75 Å². The fraction of sp³-hybridized carbons (Fsp3) is 0.444. The minimum atomic E-state index is -0.759. The molecular weight excluding hydrogens is 280 g/mol. The minimum Gasteiger partial charge on any atom is -0.496 e. The van der Waals surface area contributed by atoms with Crippen molar-refractivity contribution in [3.8, 4) is 5.75 Å². The Balaban J connectivity index is 2.11. The lowest BCUT2D eigenvalue weighted by Crippen LogP contribution is -2.61. The molecule has 0 amide bonds. The standard InChI is InChI=1S/C18H20O4/c1-10-15(11-7-5-6-8-13(11)21-3)18(2)16(10)12(19)9-14(22-4)17(18)20/h5-10,15-16H,1-4H3/t10-,15+,16+,18+/m1/s1. The average molecular weight is 300 g/mol. The quantitative estimate of drug-likeness (QED) is 0.861. The van der Waals surface area contributed by atoms with Crippen LogP contribution in [0.3, 0.4) is 0 Å². The van der Waals surface area contributed by atoms with Crippen LogP contribution in [0.1, 0.15) is 25.3 Å². The van der Waals surface area contributed by atoms with Gasteiger partial charge in [-0.3, -0.25) is 9.59 Å². The summed E-state index contributed by atoms with van der Waals surface area (Å²) in [5.74, 6) is 0.569. The first-order chi connectivity index (χ1) is 10.5. The molecule has 0 heterocycles. The van der Waals surface area contributed by atoms with Crippen molar-refractivity contribution >= 4 is 11.6 Å². The lowest BCUT2D eigenvalue weighted by atomic mass is 9.42. The number of hydrogen-bond donors (Lipinski definition) is 0. The van der Waals surface area contributed by atoms with Crippen molar-refractivity contribution in [3.63, 3.8) is 0 Å². The molecule has 1 saturated carbocycles. The molecular formula is C18H20O4. The molecule has 0 aliphatic heterocycles. The Kier molecular flexibility index (Phi) is 3.35. The summed E-state index contributed by atoms with van der Waals surface area (Å²) in [5, 5.41) is 0. The van der Waals surface area contributed by atoms with Crippen LogP contribution < -0.4 is 4.74 Å². The van der Waals surface area contributed by atoms with Crippen molar-refractivity contribution < 1.29 is 19.1 Å². The average Bonchev–Trinajstić information content (AvgIpc) is 2.51. The highest BCUT2D eigenvalue weighted by atomic mass is 16.5. The van der Waals surface area contributed by atoms with E-state index in [1.165, 1.54) is 13.2 Å². The van der Waals surface area contributed by atoms with Gasteiger partial charge < -0.3 is 9.47 Å². The zero-order chi connectivity index (χ0) is 16.1. The molecule has 4 nitrogen and oxygen atoms in total. The first kappa shape index (κ1) is 14.8. The Labute approximate surface area is 130 Å². The highest BCUT2D eigenvalue weighted by molar-refractivity contribution is 6.13. The summed E-state index contributed by atoms with van der Waals surface area (Å²) in [6.45, 7) is 3.90. The molecule has 116 valence electrons. The maximum atomic E-state index is 12.8.